The van der Waals surface area contributed by atoms with Crippen molar-refractivity contribution in [3.05, 3.63) is 65.3 Å². The van der Waals surface area contributed by atoms with Gasteiger partial charge in [-0.15, -0.1) is 0 Å². The summed E-state index contributed by atoms with van der Waals surface area (Å²) in [7, 11) is 1.83. The Bertz CT molecular complexity index is 1400. The number of hydrogen-bond donors (Lipinski definition) is 2. The number of fused-ring (bicyclic) bond motifs is 1. The molecule has 4 rings (SSSR count). The van der Waals surface area contributed by atoms with Gasteiger partial charge in [0.05, 0.1) is 30.6 Å². The van der Waals surface area contributed by atoms with Crippen LogP contribution in [0.15, 0.2) is 59.8 Å². The smallest absolute Gasteiger partial charge is 0.266 e. The Kier molecular flexibility index (Phi) is 8.82. The molecule has 0 saturated carbocycles. The van der Waals surface area contributed by atoms with E-state index in [0.29, 0.717) is 31.0 Å². The first-order valence-electron chi connectivity index (χ1n) is 12.2. The van der Waals surface area contributed by atoms with Gasteiger partial charge in [-0.2, -0.15) is 10.2 Å². The summed E-state index contributed by atoms with van der Waals surface area (Å²) in [5.74, 6) is 1.03. The molecule has 1 aromatic carbocycles. The SMILES string of the molecule is Cn1cc(-c2ccc(=O)n(CCOc3ccnc4cc(OCCCCCCC(=O)NO)ccc34)n2)cn1. The monoisotopic (exact) mass is 506 g/mol. The minimum Gasteiger partial charge on any atom is -0.494 e. The summed E-state index contributed by atoms with van der Waals surface area (Å²) in [5, 5.41) is 17.9. The summed E-state index contributed by atoms with van der Waals surface area (Å²) in [6.07, 6.45) is 8.98. The zero-order chi connectivity index (χ0) is 26.0. The van der Waals surface area contributed by atoms with Crippen molar-refractivity contribution >= 4 is 16.8 Å². The molecule has 0 bridgehead atoms. The van der Waals surface area contributed by atoms with Crippen LogP contribution >= 0.6 is 0 Å². The van der Waals surface area contributed by atoms with Gasteiger partial charge in [-0.25, -0.2) is 10.2 Å². The van der Waals surface area contributed by atoms with Gasteiger partial charge in [0, 0.05) is 48.9 Å². The molecule has 1 amide bonds. The van der Waals surface area contributed by atoms with Crippen molar-refractivity contribution < 1.29 is 19.5 Å². The highest BCUT2D eigenvalue weighted by Crippen LogP contribution is 2.27. The molecule has 4 aromatic rings. The molecule has 2 N–H and O–H groups in total. The predicted molar refractivity (Wildman–Crippen MR) is 136 cm³/mol. The van der Waals surface area contributed by atoms with Crippen LogP contribution in [0.4, 0.5) is 0 Å². The average molecular weight is 507 g/mol. The lowest BCUT2D eigenvalue weighted by Crippen LogP contribution is -2.25. The van der Waals surface area contributed by atoms with Crippen LogP contribution in [0.25, 0.3) is 22.2 Å². The van der Waals surface area contributed by atoms with Gasteiger partial charge >= 0.3 is 0 Å². The summed E-state index contributed by atoms with van der Waals surface area (Å²) >= 11 is 0. The van der Waals surface area contributed by atoms with Crippen LogP contribution in [-0.2, 0) is 18.4 Å². The van der Waals surface area contributed by atoms with E-state index >= 15 is 0 Å². The summed E-state index contributed by atoms with van der Waals surface area (Å²) in [4.78, 5) is 27.7. The highest BCUT2D eigenvalue weighted by Gasteiger charge is 2.08. The van der Waals surface area contributed by atoms with Gasteiger partial charge in [0.2, 0.25) is 5.91 Å². The van der Waals surface area contributed by atoms with Gasteiger partial charge < -0.3 is 9.47 Å². The number of hydrogen-bond acceptors (Lipinski definition) is 8. The van der Waals surface area contributed by atoms with E-state index in [-0.39, 0.29) is 18.1 Å². The molecule has 0 unspecified atom stereocenters. The van der Waals surface area contributed by atoms with E-state index in [1.807, 2.05) is 31.4 Å². The van der Waals surface area contributed by atoms with Gasteiger partial charge in [-0.1, -0.05) is 12.8 Å². The highest BCUT2D eigenvalue weighted by molar-refractivity contribution is 5.85. The predicted octanol–water partition coefficient (Wildman–Crippen LogP) is 3.11. The van der Waals surface area contributed by atoms with Crippen LogP contribution in [0.3, 0.4) is 0 Å². The van der Waals surface area contributed by atoms with E-state index < -0.39 is 0 Å². The minimum atomic E-state index is -0.358. The summed E-state index contributed by atoms with van der Waals surface area (Å²) in [6.45, 7) is 1.12. The number of aromatic nitrogens is 5. The molecule has 0 atom stereocenters. The lowest BCUT2D eigenvalue weighted by molar-refractivity contribution is -0.129. The third-order valence-corrected chi connectivity index (χ3v) is 5.79. The zero-order valence-electron chi connectivity index (χ0n) is 20.7. The first-order chi connectivity index (χ1) is 18.0. The van der Waals surface area contributed by atoms with Crippen LogP contribution in [0, 0.1) is 0 Å². The van der Waals surface area contributed by atoms with Crippen LogP contribution < -0.4 is 20.5 Å². The molecular weight excluding hydrogens is 476 g/mol. The number of pyridine rings is 1. The maximum absolute atomic E-state index is 12.3. The molecule has 0 spiro atoms. The Labute approximate surface area is 213 Å². The van der Waals surface area contributed by atoms with E-state index in [1.165, 1.54) is 10.7 Å². The Morgan fingerprint density at radius 3 is 2.73 bits per heavy atom. The third kappa shape index (κ3) is 7.14. The number of benzene rings is 1. The highest BCUT2D eigenvalue weighted by atomic mass is 16.5. The fourth-order valence-corrected chi connectivity index (χ4v) is 3.86. The fraction of sp³-hybridized carbons (Fsp3) is 0.346. The molecule has 37 heavy (non-hydrogen) atoms. The lowest BCUT2D eigenvalue weighted by atomic mass is 10.1. The van der Waals surface area contributed by atoms with Crippen molar-refractivity contribution in [2.75, 3.05) is 13.2 Å². The Hall–Kier alpha value is -4.25. The molecule has 3 aromatic heterocycles. The van der Waals surface area contributed by atoms with Crippen LogP contribution in [0.5, 0.6) is 11.5 Å². The van der Waals surface area contributed by atoms with Crippen LogP contribution in [-0.4, -0.2) is 48.9 Å². The normalized spacial score (nSPS) is 11.0. The standard InChI is InChI=1S/C26H30N6O5/c1-31-18-19(17-28-31)22-9-10-26(34)32(29-22)13-15-37-24-11-12-27-23-16-20(7-8-21(23)24)36-14-5-3-2-4-6-25(33)30-35/h7-12,16-18,35H,2-6,13-15H2,1H3,(H,30,33). The zero-order valence-corrected chi connectivity index (χ0v) is 20.7. The first kappa shape index (κ1) is 25.8. The number of nitrogens with zero attached hydrogens (tertiary/aromatic N) is 5. The number of nitrogens with one attached hydrogen (secondary N) is 1. The molecule has 0 aliphatic rings. The first-order valence-corrected chi connectivity index (χ1v) is 12.2. The van der Waals surface area contributed by atoms with E-state index in [0.717, 1.165) is 47.9 Å². The van der Waals surface area contributed by atoms with Gasteiger partial charge in [0.25, 0.3) is 5.56 Å². The number of amides is 1. The van der Waals surface area contributed by atoms with Crippen molar-refractivity contribution in [2.24, 2.45) is 7.05 Å². The molecular formula is C26H30N6O5. The van der Waals surface area contributed by atoms with E-state index in [1.54, 1.807) is 34.7 Å². The van der Waals surface area contributed by atoms with Crippen molar-refractivity contribution in [2.45, 2.75) is 38.6 Å². The number of rotatable bonds is 13. The van der Waals surface area contributed by atoms with Gasteiger partial charge in [-0.3, -0.25) is 24.5 Å². The second kappa shape index (κ2) is 12.6. The molecule has 3 heterocycles. The summed E-state index contributed by atoms with van der Waals surface area (Å²) < 4.78 is 14.9. The lowest BCUT2D eigenvalue weighted by Gasteiger charge is -2.11. The molecule has 11 nitrogen and oxygen atoms in total. The van der Waals surface area contributed by atoms with Crippen LogP contribution in [0.2, 0.25) is 0 Å². The Balaban J connectivity index is 1.29. The number of carbonyl (C=O) groups is 1. The molecule has 0 radical (unpaired) electrons. The maximum Gasteiger partial charge on any atom is 0.266 e. The number of hydroxylamine groups is 1. The topological polar surface area (TPSA) is 133 Å². The van der Waals surface area contributed by atoms with E-state index in [4.69, 9.17) is 14.7 Å². The molecule has 0 saturated heterocycles. The van der Waals surface area contributed by atoms with Crippen molar-refractivity contribution in [3.63, 3.8) is 0 Å². The number of unbranched alkanes of at least 4 members (excludes halogenated alkanes) is 3. The summed E-state index contributed by atoms with van der Waals surface area (Å²) in [5.41, 5.74) is 3.69. The Morgan fingerprint density at radius 2 is 1.92 bits per heavy atom. The number of carbonyl (C=O) groups excluding carboxylic acids is 1. The quantitative estimate of drug-likeness (QED) is 0.161. The second-order valence-corrected chi connectivity index (χ2v) is 8.57. The van der Waals surface area contributed by atoms with Gasteiger partial charge in [0.15, 0.2) is 0 Å². The third-order valence-electron chi connectivity index (χ3n) is 5.79. The Morgan fingerprint density at radius 1 is 1.05 bits per heavy atom. The van der Waals surface area contributed by atoms with E-state index in [9.17, 15) is 9.59 Å². The maximum atomic E-state index is 12.3. The van der Waals surface area contributed by atoms with E-state index in [2.05, 4.69) is 15.2 Å². The number of aryl methyl sites for hydroxylation is 1. The van der Waals surface area contributed by atoms with Crippen molar-refractivity contribution in [3.8, 4) is 22.8 Å². The number of ether oxygens (including phenoxy) is 2. The van der Waals surface area contributed by atoms with Crippen LogP contribution in [0.1, 0.15) is 32.1 Å². The molecule has 0 aliphatic carbocycles. The van der Waals surface area contributed by atoms with Gasteiger partial charge in [0.1, 0.15) is 18.1 Å². The fourth-order valence-electron chi connectivity index (χ4n) is 3.86. The summed E-state index contributed by atoms with van der Waals surface area (Å²) in [6, 6.07) is 10.6. The van der Waals surface area contributed by atoms with Crippen molar-refractivity contribution in [1.82, 2.24) is 30.0 Å². The van der Waals surface area contributed by atoms with Crippen molar-refractivity contribution in [1.29, 1.82) is 0 Å². The average Bonchev–Trinajstić information content (AvgIpc) is 3.35. The molecule has 11 heteroatoms. The minimum absolute atomic E-state index is 0.201. The second-order valence-electron chi connectivity index (χ2n) is 8.57. The molecule has 194 valence electrons. The largest absolute Gasteiger partial charge is 0.494 e. The molecule has 0 fully saturated rings. The van der Waals surface area contributed by atoms with Gasteiger partial charge in [-0.05, 0) is 37.1 Å². The molecule has 0 aliphatic heterocycles.